The van der Waals surface area contributed by atoms with E-state index in [0.29, 0.717) is 0 Å². The average molecular weight is 475 g/mol. The molecule has 0 heteroatoms. The molecule has 0 heterocycles. The molecule has 32 heavy (non-hydrogen) atoms. The van der Waals surface area contributed by atoms with Gasteiger partial charge in [-0.3, -0.25) is 0 Å². The van der Waals surface area contributed by atoms with Gasteiger partial charge in [-0.1, -0.05) is 207 Å². The maximum absolute atomic E-state index is 2.31. The molecule has 0 atom stereocenters. The zero-order valence-corrected chi connectivity index (χ0v) is 25.4. The second-order valence-electron chi connectivity index (χ2n) is 4.07. The van der Waals surface area contributed by atoms with Gasteiger partial charge in [0.05, 0.1) is 0 Å². The molecule has 0 bridgehead atoms. The van der Waals surface area contributed by atoms with Crippen molar-refractivity contribution in [2.75, 3.05) is 0 Å². The zero-order chi connectivity index (χ0) is 25.4. The van der Waals surface area contributed by atoms with Crippen LogP contribution in [0, 0.1) is 11.8 Å². The monoisotopic (exact) mass is 475 g/mol. The lowest BCUT2D eigenvalue weighted by molar-refractivity contribution is 0.346. The van der Waals surface area contributed by atoms with Crippen LogP contribution in [-0.4, -0.2) is 0 Å². The van der Waals surface area contributed by atoms with Gasteiger partial charge in [0.2, 0.25) is 0 Å². The van der Waals surface area contributed by atoms with Gasteiger partial charge < -0.3 is 0 Å². The van der Waals surface area contributed by atoms with E-state index in [2.05, 4.69) is 13.8 Å². The van der Waals surface area contributed by atoms with Crippen molar-refractivity contribution in [1.82, 2.24) is 0 Å². The van der Waals surface area contributed by atoms with Crippen LogP contribution in [0.1, 0.15) is 207 Å². The Morgan fingerprint density at radius 3 is 0.344 bits per heavy atom. The first-order valence-corrected chi connectivity index (χ1v) is 13.8. The molecule has 0 aliphatic heterocycles. The summed E-state index contributed by atoms with van der Waals surface area (Å²) < 4.78 is 0. The molecule has 0 spiro atoms. The fraction of sp³-hybridized carbons (Fsp3) is 1.00. The first kappa shape index (κ1) is 85.2. The van der Waals surface area contributed by atoms with Crippen LogP contribution in [0.3, 0.4) is 0 Å². The minimum atomic E-state index is 0. The summed E-state index contributed by atoms with van der Waals surface area (Å²) in [7, 11) is 0. The molecule has 0 aromatic rings. The topological polar surface area (TPSA) is 0 Å². The molecule has 2 rings (SSSR count). The van der Waals surface area contributed by atoms with E-state index in [1.807, 2.05) is 125 Å². The molecule has 0 nitrogen and oxygen atoms in total. The smallest absolute Gasteiger partial charge is 0.0443 e. The van der Waals surface area contributed by atoms with E-state index in [4.69, 9.17) is 0 Å². The molecular formula is C32H90. The minimum Gasteiger partial charge on any atom is -0.0776 e. The molecule has 2 fully saturated rings. The standard InChI is InChI=1S/2C5H10.9C2H6.4CH4/c2*1-5-3-2-4-5;9*1-2;;;;/h2*5H,2-4H2,1H3;9*1-2H3;4*1H4. The van der Waals surface area contributed by atoms with Crippen LogP contribution in [-0.2, 0) is 0 Å². The average Bonchev–Trinajstić information content (AvgIpc) is 2.83. The lowest BCUT2D eigenvalue weighted by atomic mass is 9.88. The second-order valence-corrected chi connectivity index (χ2v) is 4.07. The van der Waals surface area contributed by atoms with Crippen LogP contribution in [0.4, 0.5) is 0 Å². The van der Waals surface area contributed by atoms with Crippen LogP contribution < -0.4 is 0 Å². The van der Waals surface area contributed by atoms with Gasteiger partial charge in [0.25, 0.3) is 0 Å². The maximum atomic E-state index is 2.31. The third kappa shape index (κ3) is 175. The third-order valence-corrected chi connectivity index (χ3v) is 2.79. The van der Waals surface area contributed by atoms with Crippen molar-refractivity contribution in [3.8, 4) is 0 Å². The first-order valence-electron chi connectivity index (χ1n) is 13.8. The Kier molecular flexibility index (Phi) is 516. The predicted octanol–water partition coefficient (Wildman–Crippen LogP) is 15.4. The first-order chi connectivity index (χ1) is 13.8. The molecule has 0 aromatic heterocycles. The van der Waals surface area contributed by atoms with Gasteiger partial charge in [0, 0.05) is 0 Å². The summed E-state index contributed by atoms with van der Waals surface area (Å²) >= 11 is 0. The van der Waals surface area contributed by atoms with Crippen molar-refractivity contribution in [2.45, 2.75) is 207 Å². The van der Waals surface area contributed by atoms with E-state index in [1.54, 1.807) is 0 Å². The van der Waals surface area contributed by atoms with Gasteiger partial charge in [-0.25, -0.2) is 0 Å². The van der Waals surface area contributed by atoms with E-state index in [1.165, 1.54) is 38.5 Å². The molecule has 2 aliphatic carbocycles. The van der Waals surface area contributed by atoms with Crippen molar-refractivity contribution in [1.29, 1.82) is 0 Å². The van der Waals surface area contributed by atoms with Crippen LogP contribution in [0.2, 0.25) is 0 Å². The predicted molar refractivity (Wildman–Crippen MR) is 175 cm³/mol. The van der Waals surface area contributed by atoms with E-state index in [-0.39, 0.29) is 29.7 Å². The van der Waals surface area contributed by atoms with E-state index in [9.17, 15) is 0 Å². The maximum Gasteiger partial charge on any atom is -0.0443 e. The zero-order valence-electron chi connectivity index (χ0n) is 25.4. The number of rotatable bonds is 0. The fourth-order valence-electron chi connectivity index (χ4n) is 1.22. The van der Waals surface area contributed by atoms with Crippen molar-refractivity contribution in [2.24, 2.45) is 11.8 Å². The van der Waals surface area contributed by atoms with E-state index < -0.39 is 0 Å². The van der Waals surface area contributed by atoms with Crippen molar-refractivity contribution >= 4 is 0 Å². The molecule has 0 N–H and O–H groups in total. The molecular weight excluding hydrogens is 384 g/mol. The molecule has 0 aromatic carbocycles. The summed E-state index contributed by atoms with van der Waals surface area (Å²) in [4.78, 5) is 0. The largest absolute Gasteiger partial charge is 0.0776 e. The van der Waals surface area contributed by atoms with Gasteiger partial charge in [0.15, 0.2) is 0 Å². The Morgan fingerprint density at radius 1 is 0.281 bits per heavy atom. The minimum absolute atomic E-state index is 0. The highest BCUT2D eigenvalue weighted by Gasteiger charge is 2.09. The Hall–Kier alpha value is 0. The Bertz CT molecular complexity index is 66.0. The SMILES string of the molecule is C.C.C.C.CC.CC.CC.CC.CC.CC.CC.CC.CC.CC1CCC1.CC1CCC1. The highest BCUT2D eigenvalue weighted by atomic mass is 14.2. The molecule has 0 saturated heterocycles. The van der Waals surface area contributed by atoms with Gasteiger partial charge >= 0.3 is 0 Å². The number of hydrogen-bond acceptors (Lipinski definition) is 0. The summed E-state index contributed by atoms with van der Waals surface area (Å²) in [6, 6.07) is 0. The lowest BCUT2D eigenvalue weighted by Crippen LogP contribution is -2.04. The van der Waals surface area contributed by atoms with Gasteiger partial charge in [-0.05, 0) is 11.8 Å². The highest BCUT2D eigenvalue weighted by Crippen LogP contribution is 2.24. The van der Waals surface area contributed by atoms with Gasteiger partial charge in [-0.2, -0.15) is 0 Å². The summed E-state index contributed by atoms with van der Waals surface area (Å²) in [5.74, 6) is 2.13. The number of hydrogen-bond donors (Lipinski definition) is 0. The summed E-state index contributed by atoms with van der Waals surface area (Å²) in [6.45, 7) is 40.6. The van der Waals surface area contributed by atoms with Crippen molar-refractivity contribution < 1.29 is 0 Å². The molecule has 218 valence electrons. The summed E-state index contributed by atoms with van der Waals surface area (Å²) in [6.07, 6.45) is 8.92. The lowest BCUT2D eigenvalue weighted by Gasteiger charge is -2.18. The molecule has 2 saturated carbocycles. The molecule has 2 aliphatic rings. The summed E-state index contributed by atoms with van der Waals surface area (Å²) in [5.41, 5.74) is 0. The molecule has 0 radical (unpaired) electrons. The van der Waals surface area contributed by atoms with Crippen LogP contribution in [0.5, 0.6) is 0 Å². The second kappa shape index (κ2) is 194. The van der Waals surface area contributed by atoms with Gasteiger partial charge in [-0.15, -0.1) is 0 Å². The third-order valence-electron chi connectivity index (χ3n) is 2.79. The highest BCUT2D eigenvalue weighted by molar-refractivity contribution is 4.62. The molecule has 0 unspecified atom stereocenters. The van der Waals surface area contributed by atoms with Crippen molar-refractivity contribution in [3.05, 3.63) is 0 Å². The van der Waals surface area contributed by atoms with Crippen LogP contribution in [0.25, 0.3) is 0 Å². The van der Waals surface area contributed by atoms with Crippen LogP contribution in [0.15, 0.2) is 0 Å². The van der Waals surface area contributed by atoms with Gasteiger partial charge in [0.1, 0.15) is 0 Å². The molecule has 0 amide bonds. The van der Waals surface area contributed by atoms with Crippen molar-refractivity contribution in [3.63, 3.8) is 0 Å². The fourth-order valence-corrected chi connectivity index (χ4v) is 1.22. The Labute approximate surface area is 218 Å². The summed E-state index contributed by atoms with van der Waals surface area (Å²) in [5, 5.41) is 0. The Morgan fingerprint density at radius 2 is 0.344 bits per heavy atom. The Balaban J connectivity index is -0.0000000116. The normalized spacial score (nSPS) is 9.75. The van der Waals surface area contributed by atoms with Crippen LogP contribution >= 0.6 is 0 Å². The quantitative estimate of drug-likeness (QED) is 0.327. The van der Waals surface area contributed by atoms with E-state index in [0.717, 1.165) is 11.8 Å². The van der Waals surface area contributed by atoms with E-state index >= 15 is 0 Å².